The molecule has 0 radical (unpaired) electrons. The number of aryl methyl sites for hydroxylation is 2. The van der Waals surface area contributed by atoms with Crippen LogP contribution in [0.2, 0.25) is 0 Å². The summed E-state index contributed by atoms with van der Waals surface area (Å²) in [7, 11) is -7.89. The van der Waals surface area contributed by atoms with Crippen LogP contribution in [0, 0.1) is 5.13 Å². The molecule has 4 aromatic heterocycles. The number of pyridine rings is 2. The Hall–Kier alpha value is -3.71. The van der Waals surface area contributed by atoms with Crippen LogP contribution in [0.3, 0.4) is 0 Å². The van der Waals surface area contributed by atoms with Crippen molar-refractivity contribution in [1.29, 1.82) is 0 Å². The van der Waals surface area contributed by atoms with E-state index in [1.54, 1.807) is 17.4 Å². The predicted octanol–water partition coefficient (Wildman–Crippen LogP) is 12.7. The first-order valence-electron chi connectivity index (χ1n) is 22.8. The summed E-state index contributed by atoms with van der Waals surface area (Å²) >= 11 is 2.75. The number of hydrogen-bond donors (Lipinski definition) is 6. The van der Waals surface area contributed by atoms with E-state index in [4.69, 9.17) is 29.5 Å². The summed E-state index contributed by atoms with van der Waals surface area (Å²) in [6.45, 7) is 6.52. The number of thiophene rings is 2. The van der Waals surface area contributed by atoms with E-state index in [9.17, 15) is 13.5 Å². The summed E-state index contributed by atoms with van der Waals surface area (Å²) in [6.07, 6.45) is 12.8. The van der Waals surface area contributed by atoms with Crippen LogP contribution in [-0.4, -0.2) is 55.0 Å². The van der Waals surface area contributed by atoms with Gasteiger partial charge in [-0.3, -0.25) is 9.13 Å². The van der Waals surface area contributed by atoms with Crippen molar-refractivity contribution in [2.45, 2.75) is 104 Å². The van der Waals surface area contributed by atoms with Crippen LogP contribution in [0.15, 0.2) is 102 Å². The Balaban J connectivity index is 0.000000244. The fraction of sp³-hybridized carbons (Fsp3) is 0.400. The number of rotatable bonds is 26. The highest BCUT2D eigenvalue weighted by Crippen LogP contribution is 2.37. The van der Waals surface area contributed by atoms with Gasteiger partial charge in [0.25, 0.3) is 0 Å². The van der Waals surface area contributed by atoms with Gasteiger partial charge in [-0.15, -0.1) is 22.7 Å². The van der Waals surface area contributed by atoms with Crippen molar-refractivity contribution in [1.82, 2.24) is 20.6 Å². The highest BCUT2D eigenvalue weighted by molar-refractivity contribution is 7.52. The molecule has 4 heterocycles. The fourth-order valence-electron chi connectivity index (χ4n) is 7.36. The molecule has 6 aromatic rings. The summed E-state index contributed by atoms with van der Waals surface area (Å²) in [5.41, 5.74) is 10.4. The summed E-state index contributed by atoms with van der Waals surface area (Å²) in [5.74, 6) is 0. The fourth-order valence-corrected chi connectivity index (χ4v) is 9.96. The van der Waals surface area contributed by atoms with Crippen molar-refractivity contribution in [3.63, 3.8) is 0 Å². The number of nitrogens with zero attached hydrogens (tertiary/aromatic N) is 2. The van der Waals surface area contributed by atoms with Gasteiger partial charge in [0, 0.05) is 24.2 Å². The van der Waals surface area contributed by atoms with Gasteiger partial charge in [0.1, 0.15) is 0 Å². The first-order chi connectivity index (χ1) is 31.3. The molecule has 0 unspecified atom stereocenters. The Labute approximate surface area is 392 Å². The highest BCUT2D eigenvalue weighted by Gasteiger charge is 2.16. The number of benzene rings is 2. The zero-order chi connectivity index (χ0) is 46.5. The van der Waals surface area contributed by atoms with E-state index in [0.717, 1.165) is 73.4 Å². The minimum Gasteiger partial charge on any atom is -0.324 e. The van der Waals surface area contributed by atoms with Gasteiger partial charge < -0.3 is 30.2 Å². The normalized spacial score (nSPS) is 11.7. The minimum absolute atomic E-state index is 0.0958. The largest absolute Gasteiger partial charge is 0.325 e. The number of unbranched alkanes of at least 4 members (excludes halogenated alkanes) is 6. The minimum atomic E-state index is -3.97. The molecule has 65 heavy (non-hydrogen) atoms. The molecule has 0 aliphatic heterocycles. The van der Waals surface area contributed by atoms with E-state index in [1.807, 2.05) is 24.3 Å². The molecule has 0 aliphatic rings. The van der Waals surface area contributed by atoms with Crippen molar-refractivity contribution >= 4 is 37.9 Å². The van der Waals surface area contributed by atoms with E-state index in [0.29, 0.717) is 39.0 Å². The van der Waals surface area contributed by atoms with Crippen LogP contribution in [0.25, 0.3) is 43.4 Å². The van der Waals surface area contributed by atoms with Gasteiger partial charge in [-0.25, -0.2) is 9.97 Å². The Bertz CT molecular complexity index is 2400. The summed E-state index contributed by atoms with van der Waals surface area (Å²) < 4.78 is 35.7. The lowest BCUT2D eigenvalue weighted by Crippen LogP contribution is -2.16. The summed E-state index contributed by atoms with van der Waals surface area (Å²) in [6, 6.07) is 32.9. The van der Waals surface area contributed by atoms with Gasteiger partial charge >= 0.3 is 15.2 Å². The van der Waals surface area contributed by atoms with Crippen molar-refractivity contribution < 1.29 is 33.1 Å². The predicted molar refractivity (Wildman–Crippen MR) is 268 cm³/mol. The monoisotopic (exact) mass is 962 g/mol. The molecule has 0 spiro atoms. The molecular weight excluding hydrogens is 898 g/mol. The molecule has 350 valence electrons. The molecule has 0 aliphatic carbocycles. The first kappa shape index (κ1) is 52.3. The van der Waals surface area contributed by atoms with E-state index in [-0.39, 0.29) is 17.5 Å². The van der Waals surface area contributed by atoms with E-state index in [2.05, 4.69) is 90.5 Å². The second-order valence-electron chi connectivity index (χ2n) is 16.3. The second-order valence-corrected chi connectivity index (χ2v) is 21.9. The lowest BCUT2D eigenvalue weighted by Gasteiger charge is -2.12. The van der Waals surface area contributed by atoms with Gasteiger partial charge in [-0.2, -0.15) is 4.39 Å². The van der Waals surface area contributed by atoms with Gasteiger partial charge in [0.15, 0.2) is 5.13 Å². The average Bonchev–Trinajstić information content (AvgIpc) is 3.99. The van der Waals surface area contributed by atoms with Gasteiger partial charge in [0.05, 0.1) is 44.9 Å². The highest BCUT2D eigenvalue weighted by atomic mass is 32.1. The van der Waals surface area contributed by atoms with Crippen molar-refractivity contribution in [3.05, 3.63) is 130 Å². The molecular formula is C50H65FN4O6P2S2. The topological polar surface area (TPSA) is 165 Å². The molecule has 0 amide bonds. The van der Waals surface area contributed by atoms with Gasteiger partial charge in [-0.1, -0.05) is 119 Å². The Kier molecular flexibility index (Phi) is 21.9. The number of nitrogens with one attached hydrogen (secondary N) is 2. The average molecular weight is 963 g/mol. The molecule has 15 heteroatoms. The molecule has 0 bridgehead atoms. The molecule has 0 saturated carbocycles. The molecule has 0 fully saturated rings. The van der Waals surface area contributed by atoms with Gasteiger partial charge in [-0.05, 0) is 110 Å². The van der Waals surface area contributed by atoms with Gasteiger partial charge in [0.2, 0.25) is 0 Å². The van der Waals surface area contributed by atoms with Crippen LogP contribution in [-0.2, 0) is 35.1 Å². The molecule has 6 N–H and O–H groups in total. The van der Waals surface area contributed by atoms with E-state index < -0.39 is 15.2 Å². The summed E-state index contributed by atoms with van der Waals surface area (Å²) in [4.78, 5) is 47.5. The first-order valence-corrected chi connectivity index (χ1v) is 28.1. The maximum absolute atomic E-state index is 13.8. The van der Waals surface area contributed by atoms with Crippen LogP contribution in [0.1, 0.15) is 101 Å². The molecule has 0 atom stereocenters. The SMILES string of the molecule is CCCCCCc1ccc(-c2ccc(CNCCCP(=O)(O)O)nc2-c2ccc(F)s2)cc1.CCCCCCc1ccc(-c2ccc(CNCCCP(=O)(O)O)nc2-c2cccs2)cc1. The number of hydrogen-bond acceptors (Lipinski definition) is 8. The zero-order valence-electron chi connectivity index (χ0n) is 37.6. The maximum Gasteiger partial charge on any atom is 0.325 e. The third-order valence-electron chi connectivity index (χ3n) is 10.9. The lowest BCUT2D eigenvalue weighted by atomic mass is 9.99. The zero-order valence-corrected chi connectivity index (χ0v) is 41.1. The quantitative estimate of drug-likeness (QED) is 0.0228. The molecule has 10 nitrogen and oxygen atoms in total. The van der Waals surface area contributed by atoms with Crippen molar-refractivity contribution in [3.8, 4) is 43.4 Å². The van der Waals surface area contributed by atoms with E-state index in [1.165, 1.54) is 74.1 Å². The summed E-state index contributed by atoms with van der Waals surface area (Å²) in [5, 5.41) is 8.23. The number of halogens is 1. The smallest absolute Gasteiger partial charge is 0.324 e. The maximum atomic E-state index is 13.8. The van der Waals surface area contributed by atoms with Crippen LogP contribution >= 0.6 is 37.9 Å². The van der Waals surface area contributed by atoms with Crippen molar-refractivity contribution in [2.24, 2.45) is 0 Å². The second kappa shape index (κ2) is 27.2. The Morgan fingerprint density at radius 3 is 1.43 bits per heavy atom. The molecule has 2 aromatic carbocycles. The third-order valence-corrected chi connectivity index (χ3v) is 14.4. The Morgan fingerprint density at radius 1 is 0.554 bits per heavy atom. The Morgan fingerprint density at radius 2 is 1.03 bits per heavy atom. The standard InChI is InChI=1S/C25H32FN2O3PS.C25H33N2O3PS/c1-2-3-4-5-7-19-8-10-20(11-9-19)22-13-12-21(18-27-16-6-17-32(29,30)31)28-25(22)23-14-15-24(26)33-23;1-2-3-4-5-8-20-10-12-21(13-11-20)23-15-14-22(19-26-16-7-17-31(28,29)30)27-25(23)24-9-6-18-32-24/h8-15,27H,2-7,16-18H2,1H3,(H2,29,30,31);6,9-15,18,26H,2-5,7-8,16-17,19H2,1H3,(H2,28,29,30). The van der Waals surface area contributed by atoms with Crippen LogP contribution in [0.5, 0.6) is 0 Å². The molecule has 0 saturated heterocycles. The van der Waals surface area contributed by atoms with E-state index >= 15 is 0 Å². The van der Waals surface area contributed by atoms with Crippen LogP contribution in [0.4, 0.5) is 4.39 Å². The van der Waals surface area contributed by atoms with Crippen LogP contribution < -0.4 is 10.6 Å². The lowest BCUT2D eigenvalue weighted by molar-refractivity contribution is 0.369. The molecule has 6 rings (SSSR count). The third kappa shape index (κ3) is 18.8. The number of aromatic nitrogens is 2. The van der Waals surface area contributed by atoms with Crippen molar-refractivity contribution in [2.75, 3.05) is 25.4 Å².